The summed E-state index contributed by atoms with van der Waals surface area (Å²) in [5.74, 6) is 1.62. The van der Waals surface area contributed by atoms with Gasteiger partial charge in [0.15, 0.2) is 5.16 Å². The largest absolute Gasteiger partial charge is 0.324 e. The van der Waals surface area contributed by atoms with E-state index < -0.39 is 0 Å². The molecular formula is C13H21BrN6S. The van der Waals surface area contributed by atoms with E-state index in [0.29, 0.717) is 12.6 Å². The summed E-state index contributed by atoms with van der Waals surface area (Å²) >= 11 is 5.30. The smallest absolute Gasteiger partial charge is 0.191 e. The van der Waals surface area contributed by atoms with Gasteiger partial charge in [0.1, 0.15) is 5.82 Å². The Balaban J connectivity index is 2.21. The molecule has 21 heavy (non-hydrogen) atoms. The number of aryl methyl sites for hydroxylation is 2. The summed E-state index contributed by atoms with van der Waals surface area (Å²) in [5, 5.41) is 13.8. The Morgan fingerprint density at radius 1 is 1.33 bits per heavy atom. The SMILES string of the molecule is CCc1nn(C)c(CSc2nnc(CN)n2C(C)C)c1Br. The maximum Gasteiger partial charge on any atom is 0.191 e. The molecule has 2 aromatic heterocycles. The number of rotatable bonds is 6. The summed E-state index contributed by atoms with van der Waals surface area (Å²) < 4.78 is 5.11. The Kier molecular flexibility index (Phi) is 5.45. The van der Waals surface area contributed by atoms with E-state index >= 15 is 0 Å². The number of aromatic nitrogens is 5. The molecule has 116 valence electrons. The van der Waals surface area contributed by atoms with Crippen LogP contribution in [-0.4, -0.2) is 24.5 Å². The molecule has 0 aromatic carbocycles. The van der Waals surface area contributed by atoms with Gasteiger partial charge in [-0.2, -0.15) is 5.10 Å². The fourth-order valence-electron chi connectivity index (χ4n) is 2.17. The van der Waals surface area contributed by atoms with Gasteiger partial charge in [0.05, 0.1) is 22.4 Å². The Morgan fingerprint density at radius 3 is 2.57 bits per heavy atom. The lowest BCUT2D eigenvalue weighted by Gasteiger charge is -2.12. The second-order valence-electron chi connectivity index (χ2n) is 5.04. The number of hydrogen-bond acceptors (Lipinski definition) is 5. The standard InChI is InChI=1S/C13H21BrN6S/c1-5-9-12(14)10(19(4)18-9)7-21-13-17-16-11(6-15)20(13)8(2)3/h8H,5-7,15H2,1-4H3. The number of hydrogen-bond donors (Lipinski definition) is 1. The molecule has 0 aliphatic rings. The van der Waals surface area contributed by atoms with Crippen molar-refractivity contribution in [1.82, 2.24) is 24.5 Å². The average Bonchev–Trinajstić information content (AvgIpc) is 2.98. The second kappa shape index (κ2) is 6.93. The van der Waals surface area contributed by atoms with Gasteiger partial charge < -0.3 is 10.3 Å². The molecule has 0 aliphatic carbocycles. The molecule has 0 radical (unpaired) electrons. The van der Waals surface area contributed by atoms with Crippen LogP contribution >= 0.6 is 27.7 Å². The first-order chi connectivity index (χ1) is 9.99. The molecule has 0 bridgehead atoms. The minimum atomic E-state index is 0.294. The maximum atomic E-state index is 5.72. The van der Waals surface area contributed by atoms with E-state index in [0.717, 1.165) is 39.0 Å². The first-order valence-corrected chi connectivity index (χ1v) is 8.74. The lowest BCUT2D eigenvalue weighted by Crippen LogP contribution is -2.11. The predicted octanol–water partition coefficient (Wildman–Crippen LogP) is 2.67. The van der Waals surface area contributed by atoms with Crippen LogP contribution in [0, 0.1) is 0 Å². The van der Waals surface area contributed by atoms with Crippen molar-refractivity contribution in [3.63, 3.8) is 0 Å². The van der Waals surface area contributed by atoms with E-state index in [1.54, 1.807) is 11.8 Å². The summed E-state index contributed by atoms with van der Waals surface area (Å²) in [6.45, 7) is 6.73. The van der Waals surface area contributed by atoms with Crippen molar-refractivity contribution in [3.8, 4) is 0 Å². The highest BCUT2D eigenvalue weighted by Gasteiger charge is 2.17. The number of thioether (sulfide) groups is 1. The van der Waals surface area contributed by atoms with Crippen molar-refractivity contribution in [2.24, 2.45) is 12.8 Å². The number of halogens is 1. The minimum absolute atomic E-state index is 0.294. The van der Waals surface area contributed by atoms with Gasteiger partial charge in [0.2, 0.25) is 0 Å². The molecule has 2 N–H and O–H groups in total. The summed E-state index contributed by atoms with van der Waals surface area (Å²) in [6.07, 6.45) is 0.915. The number of nitrogens with zero attached hydrogens (tertiary/aromatic N) is 5. The molecule has 0 atom stereocenters. The first-order valence-electron chi connectivity index (χ1n) is 6.96. The molecule has 2 heterocycles. The molecular weight excluding hydrogens is 352 g/mol. The van der Waals surface area contributed by atoms with E-state index in [1.165, 1.54) is 0 Å². The van der Waals surface area contributed by atoms with Crippen LogP contribution in [0.15, 0.2) is 9.63 Å². The van der Waals surface area contributed by atoms with Crippen LogP contribution in [0.4, 0.5) is 0 Å². The van der Waals surface area contributed by atoms with Crippen LogP contribution < -0.4 is 5.73 Å². The zero-order valence-corrected chi connectivity index (χ0v) is 15.2. The lowest BCUT2D eigenvalue weighted by atomic mass is 10.3. The third kappa shape index (κ3) is 3.32. The molecule has 0 saturated heterocycles. The molecule has 8 heteroatoms. The topological polar surface area (TPSA) is 74.6 Å². The maximum absolute atomic E-state index is 5.72. The average molecular weight is 373 g/mol. The van der Waals surface area contributed by atoms with Crippen molar-refractivity contribution in [2.75, 3.05) is 0 Å². The molecule has 0 unspecified atom stereocenters. The fourth-order valence-corrected chi connectivity index (χ4v) is 4.27. The van der Waals surface area contributed by atoms with Gasteiger partial charge in [-0.05, 0) is 36.2 Å². The van der Waals surface area contributed by atoms with Crippen molar-refractivity contribution in [3.05, 3.63) is 21.7 Å². The van der Waals surface area contributed by atoms with Gasteiger partial charge in [-0.25, -0.2) is 0 Å². The fraction of sp³-hybridized carbons (Fsp3) is 0.615. The summed E-state index contributed by atoms with van der Waals surface area (Å²) in [4.78, 5) is 0. The molecule has 2 rings (SSSR count). The highest BCUT2D eigenvalue weighted by atomic mass is 79.9. The third-order valence-corrected chi connectivity index (χ3v) is 5.14. The van der Waals surface area contributed by atoms with Crippen molar-refractivity contribution < 1.29 is 0 Å². The predicted molar refractivity (Wildman–Crippen MR) is 88.1 cm³/mol. The van der Waals surface area contributed by atoms with E-state index in [2.05, 4.69) is 56.6 Å². The number of nitrogens with two attached hydrogens (primary N) is 1. The first kappa shape index (κ1) is 16.5. The van der Waals surface area contributed by atoms with Crippen LogP contribution in [0.1, 0.15) is 44.0 Å². The molecule has 0 fully saturated rings. The molecule has 0 spiro atoms. The minimum Gasteiger partial charge on any atom is -0.324 e. The van der Waals surface area contributed by atoms with Gasteiger partial charge in [-0.15, -0.1) is 10.2 Å². The Labute approximate surface area is 137 Å². The monoisotopic (exact) mass is 372 g/mol. The summed E-state index contributed by atoms with van der Waals surface area (Å²) in [7, 11) is 1.97. The van der Waals surface area contributed by atoms with E-state index in [-0.39, 0.29) is 0 Å². The van der Waals surface area contributed by atoms with E-state index in [4.69, 9.17) is 5.73 Å². The van der Waals surface area contributed by atoms with Crippen LogP contribution in [-0.2, 0) is 25.8 Å². The van der Waals surface area contributed by atoms with Crippen molar-refractivity contribution in [1.29, 1.82) is 0 Å². The molecule has 6 nitrogen and oxygen atoms in total. The quantitative estimate of drug-likeness (QED) is 0.788. The Hall–Kier alpha value is -0.860. The van der Waals surface area contributed by atoms with Crippen molar-refractivity contribution >= 4 is 27.7 Å². The van der Waals surface area contributed by atoms with Gasteiger partial charge in [0, 0.05) is 18.8 Å². The highest BCUT2D eigenvalue weighted by Crippen LogP contribution is 2.29. The molecule has 0 saturated carbocycles. The van der Waals surface area contributed by atoms with Gasteiger partial charge in [-0.3, -0.25) is 4.68 Å². The Bertz CT molecular complexity index is 618. The van der Waals surface area contributed by atoms with Gasteiger partial charge in [0.25, 0.3) is 0 Å². The lowest BCUT2D eigenvalue weighted by molar-refractivity contribution is 0.526. The third-order valence-electron chi connectivity index (χ3n) is 3.28. The normalized spacial score (nSPS) is 11.6. The van der Waals surface area contributed by atoms with Crippen LogP contribution in [0.5, 0.6) is 0 Å². The van der Waals surface area contributed by atoms with Crippen LogP contribution in [0.2, 0.25) is 0 Å². The summed E-state index contributed by atoms with van der Waals surface area (Å²) in [5.41, 5.74) is 7.97. The van der Waals surface area contributed by atoms with Gasteiger partial charge >= 0.3 is 0 Å². The zero-order chi connectivity index (χ0) is 15.6. The van der Waals surface area contributed by atoms with E-state index in [1.807, 2.05) is 11.7 Å². The summed E-state index contributed by atoms with van der Waals surface area (Å²) in [6, 6.07) is 0.294. The zero-order valence-electron chi connectivity index (χ0n) is 12.8. The molecule has 0 amide bonds. The van der Waals surface area contributed by atoms with Crippen LogP contribution in [0.25, 0.3) is 0 Å². The highest BCUT2D eigenvalue weighted by molar-refractivity contribution is 9.10. The van der Waals surface area contributed by atoms with Crippen LogP contribution in [0.3, 0.4) is 0 Å². The second-order valence-corrected chi connectivity index (χ2v) is 6.78. The van der Waals surface area contributed by atoms with Gasteiger partial charge in [-0.1, -0.05) is 18.7 Å². The van der Waals surface area contributed by atoms with Crippen molar-refractivity contribution in [2.45, 2.75) is 50.7 Å². The molecule has 2 aromatic rings. The Morgan fingerprint density at radius 2 is 2.05 bits per heavy atom. The molecule has 0 aliphatic heterocycles. The van der Waals surface area contributed by atoms with E-state index in [9.17, 15) is 0 Å².